The summed E-state index contributed by atoms with van der Waals surface area (Å²) in [6.45, 7) is 7.61. The molecule has 0 atom stereocenters. The molecule has 0 spiro atoms. The summed E-state index contributed by atoms with van der Waals surface area (Å²) in [6.07, 6.45) is 1.89. The highest BCUT2D eigenvalue weighted by molar-refractivity contribution is 9.10. The van der Waals surface area contributed by atoms with E-state index in [2.05, 4.69) is 37.6 Å². The second kappa shape index (κ2) is 5.43. The van der Waals surface area contributed by atoms with E-state index in [1.54, 1.807) is 0 Å². The van der Waals surface area contributed by atoms with Crippen LogP contribution in [0.25, 0.3) is 11.0 Å². The lowest BCUT2D eigenvalue weighted by Gasteiger charge is -2.34. The number of rotatable bonds is 2. The van der Waals surface area contributed by atoms with E-state index in [0.29, 0.717) is 0 Å². The summed E-state index contributed by atoms with van der Waals surface area (Å²) in [5, 5.41) is 0. The highest BCUT2D eigenvalue weighted by atomic mass is 79.9. The smallest absolute Gasteiger partial charge is 0.147 e. The molecule has 100 valence electrons. The number of aromatic nitrogens is 2. The van der Waals surface area contributed by atoms with Crippen LogP contribution in [-0.4, -0.2) is 47.6 Å². The lowest BCUT2D eigenvalue weighted by molar-refractivity contribution is 0.270. The molecule has 2 heterocycles. The zero-order valence-electron chi connectivity index (χ0n) is 11.0. The minimum Gasteiger partial charge on any atom is -0.353 e. The summed E-state index contributed by atoms with van der Waals surface area (Å²) in [4.78, 5) is 14.0. The van der Waals surface area contributed by atoms with Gasteiger partial charge < -0.3 is 9.80 Å². The Hall–Kier alpha value is -1.20. The maximum absolute atomic E-state index is 4.73. The Labute approximate surface area is 121 Å². The Morgan fingerprint density at radius 2 is 1.95 bits per heavy atom. The average Bonchev–Trinajstić information content (AvgIpc) is 2.46. The molecular weight excluding hydrogens is 304 g/mol. The summed E-state index contributed by atoms with van der Waals surface area (Å²) in [7, 11) is 0. The molecule has 1 aromatic carbocycles. The standard InChI is InChI=1S/C14H17BrN4/c1-2-18-5-7-19(8-6-18)14-10-16-12-4-3-11(15)9-13(12)17-14/h3-4,9-10H,2,5-8H2,1H3. The lowest BCUT2D eigenvalue weighted by Crippen LogP contribution is -2.46. The highest BCUT2D eigenvalue weighted by Crippen LogP contribution is 2.20. The molecule has 1 aliphatic rings. The summed E-state index contributed by atoms with van der Waals surface area (Å²) in [5.74, 6) is 0.987. The van der Waals surface area contributed by atoms with Gasteiger partial charge in [0.15, 0.2) is 0 Å². The first-order valence-electron chi connectivity index (χ1n) is 6.66. The number of halogens is 1. The van der Waals surface area contributed by atoms with Crippen molar-refractivity contribution in [3.63, 3.8) is 0 Å². The minimum atomic E-state index is 0.944. The maximum Gasteiger partial charge on any atom is 0.147 e. The molecule has 0 amide bonds. The summed E-state index contributed by atoms with van der Waals surface area (Å²) >= 11 is 3.48. The van der Waals surface area contributed by atoms with Gasteiger partial charge in [-0.1, -0.05) is 22.9 Å². The van der Waals surface area contributed by atoms with Crippen molar-refractivity contribution in [3.05, 3.63) is 28.9 Å². The molecule has 1 saturated heterocycles. The summed E-state index contributed by atoms with van der Waals surface area (Å²) in [5.41, 5.74) is 1.89. The average molecular weight is 321 g/mol. The van der Waals surface area contributed by atoms with Gasteiger partial charge in [0.25, 0.3) is 0 Å². The van der Waals surface area contributed by atoms with Crippen LogP contribution in [0.4, 0.5) is 5.82 Å². The Bertz CT molecular complexity index is 579. The van der Waals surface area contributed by atoms with Gasteiger partial charge in [-0.25, -0.2) is 4.98 Å². The topological polar surface area (TPSA) is 32.3 Å². The van der Waals surface area contributed by atoms with Crippen molar-refractivity contribution in [3.8, 4) is 0 Å². The third kappa shape index (κ3) is 2.72. The Balaban J connectivity index is 1.85. The third-order valence-electron chi connectivity index (χ3n) is 3.64. The largest absolute Gasteiger partial charge is 0.353 e. The van der Waals surface area contributed by atoms with Gasteiger partial charge in [-0.3, -0.25) is 4.98 Å². The molecule has 19 heavy (non-hydrogen) atoms. The number of fused-ring (bicyclic) bond motifs is 1. The molecule has 0 aliphatic carbocycles. The Morgan fingerprint density at radius 3 is 2.68 bits per heavy atom. The molecule has 4 nitrogen and oxygen atoms in total. The third-order valence-corrected chi connectivity index (χ3v) is 4.13. The molecule has 1 aromatic heterocycles. The number of hydrogen-bond donors (Lipinski definition) is 0. The fraction of sp³-hybridized carbons (Fsp3) is 0.429. The van der Waals surface area contributed by atoms with Crippen molar-refractivity contribution < 1.29 is 0 Å². The second-order valence-electron chi connectivity index (χ2n) is 4.78. The van der Waals surface area contributed by atoms with Crippen LogP contribution in [0.1, 0.15) is 6.92 Å². The van der Waals surface area contributed by atoms with Crippen molar-refractivity contribution in [2.24, 2.45) is 0 Å². The molecular formula is C14H17BrN4. The van der Waals surface area contributed by atoms with Gasteiger partial charge in [0.1, 0.15) is 5.82 Å². The maximum atomic E-state index is 4.73. The van der Waals surface area contributed by atoms with Crippen LogP contribution in [-0.2, 0) is 0 Å². The van der Waals surface area contributed by atoms with Crippen molar-refractivity contribution in [2.45, 2.75) is 6.92 Å². The van der Waals surface area contributed by atoms with Crippen LogP contribution in [0.15, 0.2) is 28.9 Å². The Kier molecular flexibility index (Phi) is 3.66. The number of nitrogens with zero attached hydrogens (tertiary/aromatic N) is 4. The van der Waals surface area contributed by atoms with E-state index >= 15 is 0 Å². The predicted molar refractivity (Wildman–Crippen MR) is 81.6 cm³/mol. The van der Waals surface area contributed by atoms with E-state index in [0.717, 1.165) is 54.0 Å². The SMILES string of the molecule is CCN1CCN(c2cnc3ccc(Br)cc3n2)CC1. The number of piperazine rings is 1. The normalized spacial score (nSPS) is 17.1. The first kappa shape index (κ1) is 12.8. The molecule has 0 bridgehead atoms. The van der Waals surface area contributed by atoms with E-state index in [-0.39, 0.29) is 0 Å². The zero-order valence-corrected chi connectivity index (χ0v) is 12.6. The molecule has 5 heteroatoms. The lowest BCUT2D eigenvalue weighted by atomic mass is 10.3. The monoisotopic (exact) mass is 320 g/mol. The van der Waals surface area contributed by atoms with Crippen molar-refractivity contribution in [1.82, 2.24) is 14.9 Å². The van der Waals surface area contributed by atoms with E-state index in [4.69, 9.17) is 4.98 Å². The number of likely N-dealkylation sites (N-methyl/N-ethyl adjacent to an activating group) is 1. The molecule has 1 fully saturated rings. The van der Waals surface area contributed by atoms with Crippen LogP contribution in [0.5, 0.6) is 0 Å². The van der Waals surface area contributed by atoms with Crippen molar-refractivity contribution in [1.29, 1.82) is 0 Å². The van der Waals surface area contributed by atoms with Crippen molar-refractivity contribution in [2.75, 3.05) is 37.6 Å². The molecule has 2 aromatic rings. The quantitative estimate of drug-likeness (QED) is 0.851. The van der Waals surface area contributed by atoms with Crippen LogP contribution < -0.4 is 4.90 Å². The summed E-state index contributed by atoms with van der Waals surface area (Å²) in [6, 6.07) is 6.01. The Morgan fingerprint density at radius 1 is 1.16 bits per heavy atom. The van der Waals surface area contributed by atoms with Crippen LogP contribution in [0.3, 0.4) is 0 Å². The van der Waals surface area contributed by atoms with E-state index in [1.165, 1.54) is 0 Å². The number of hydrogen-bond acceptors (Lipinski definition) is 4. The van der Waals surface area contributed by atoms with E-state index in [9.17, 15) is 0 Å². The number of benzene rings is 1. The highest BCUT2D eigenvalue weighted by Gasteiger charge is 2.17. The minimum absolute atomic E-state index is 0.944. The van der Waals surface area contributed by atoms with Gasteiger partial charge in [-0.05, 0) is 24.7 Å². The van der Waals surface area contributed by atoms with Crippen LogP contribution >= 0.6 is 15.9 Å². The molecule has 0 unspecified atom stereocenters. The van der Waals surface area contributed by atoms with Gasteiger partial charge in [0.2, 0.25) is 0 Å². The van der Waals surface area contributed by atoms with Crippen LogP contribution in [0.2, 0.25) is 0 Å². The summed E-state index contributed by atoms with van der Waals surface area (Å²) < 4.78 is 1.04. The molecule has 3 rings (SSSR count). The molecule has 0 saturated carbocycles. The first-order valence-corrected chi connectivity index (χ1v) is 7.45. The molecule has 0 N–H and O–H groups in total. The number of anilines is 1. The molecule has 0 radical (unpaired) electrons. The van der Waals surface area contributed by atoms with Gasteiger partial charge in [-0.15, -0.1) is 0 Å². The first-order chi connectivity index (χ1) is 9.26. The van der Waals surface area contributed by atoms with Crippen LogP contribution in [0, 0.1) is 0 Å². The van der Waals surface area contributed by atoms with Gasteiger partial charge in [0.05, 0.1) is 17.2 Å². The second-order valence-corrected chi connectivity index (χ2v) is 5.70. The zero-order chi connectivity index (χ0) is 13.2. The van der Waals surface area contributed by atoms with Gasteiger partial charge in [-0.2, -0.15) is 0 Å². The van der Waals surface area contributed by atoms with E-state index < -0.39 is 0 Å². The van der Waals surface area contributed by atoms with Crippen molar-refractivity contribution >= 4 is 32.8 Å². The predicted octanol–water partition coefficient (Wildman–Crippen LogP) is 2.53. The fourth-order valence-corrected chi connectivity index (χ4v) is 2.77. The van der Waals surface area contributed by atoms with Gasteiger partial charge in [0, 0.05) is 30.7 Å². The van der Waals surface area contributed by atoms with E-state index in [1.807, 2.05) is 24.4 Å². The van der Waals surface area contributed by atoms with Gasteiger partial charge >= 0.3 is 0 Å². The molecule has 1 aliphatic heterocycles. The fourth-order valence-electron chi connectivity index (χ4n) is 2.42.